The van der Waals surface area contributed by atoms with Crippen molar-refractivity contribution in [3.8, 4) is 0 Å². The Morgan fingerprint density at radius 3 is 2.33 bits per heavy atom. The lowest BCUT2D eigenvalue weighted by atomic mass is 10.1. The van der Waals surface area contributed by atoms with Crippen LogP contribution in [0.15, 0.2) is 48.5 Å². The fraction of sp³-hybridized carbons (Fsp3) is 0.133. The molecule has 2 aromatic rings. The van der Waals surface area contributed by atoms with Crippen LogP contribution in [0.2, 0.25) is 0 Å². The van der Waals surface area contributed by atoms with Crippen LogP contribution in [0.4, 0.5) is 24.5 Å². The number of nitrogens with one attached hydrogen (secondary N) is 2. The highest BCUT2D eigenvalue weighted by molar-refractivity contribution is 6.04. The lowest BCUT2D eigenvalue weighted by Gasteiger charge is -2.10. The molecule has 1 amide bonds. The van der Waals surface area contributed by atoms with Gasteiger partial charge in [0.1, 0.15) is 0 Å². The van der Waals surface area contributed by atoms with Crippen LogP contribution in [-0.2, 0) is 6.18 Å². The van der Waals surface area contributed by atoms with Crippen molar-refractivity contribution in [3.63, 3.8) is 0 Å². The van der Waals surface area contributed by atoms with E-state index in [1.54, 1.807) is 31.3 Å². The number of carbonyl (C=O) groups is 1. The van der Waals surface area contributed by atoms with Gasteiger partial charge in [0, 0.05) is 24.0 Å². The van der Waals surface area contributed by atoms with E-state index in [2.05, 4.69) is 10.6 Å². The van der Waals surface area contributed by atoms with E-state index in [9.17, 15) is 18.0 Å². The minimum absolute atomic E-state index is 0.0420. The first kappa shape index (κ1) is 14.9. The van der Waals surface area contributed by atoms with Crippen molar-refractivity contribution in [1.29, 1.82) is 0 Å². The normalized spacial score (nSPS) is 11.0. The minimum Gasteiger partial charge on any atom is -0.388 e. The van der Waals surface area contributed by atoms with Crippen molar-refractivity contribution < 1.29 is 18.0 Å². The van der Waals surface area contributed by atoms with Crippen LogP contribution in [0.1, 0.15) is 15.9 Å². The summed E-state index contributed by atoms with van der Waals surface area (Å²) < 4.78 is 37.9. The molecule has 0 aliphatic heterocycles. The molecule has 0 fully saturated rings. The van der Waals surface area contributed by atoms with Gasteiger partial charge >= 0.3 is 6.18 Å². The Morgan fingerprint density at radius 2 is 1.67 bits per heavy atom. The molecule has 0 atom stereocenters. The van der Waals surface area contributed by atoms with Crippen LogP contribution in [0.3, 0.4) is 0 Å². The third-order valence-corrected chi connectivity index (χ3v) is 2.86. The van der Waals surface area contributed by atoms with Gasteiger partial charge in [0.15, 0.2) is 0 Å². The van der Waals surface area contributed by atoms with E-state index in [0.29, 0.717) is 5.69 Å². The van der Waals surface area contributed by atoms with Gasteiger partial charge in [-0.05, 0) is 36.4 Å². The maximum Gasteiger partial charge on any atom is 0.416 e. The first-order valence-electron chi connectivity index (χ1n) is 6.16. The molecule has 0 aliphatic carbocycles. The monoisotopic (exact) mass is 294 g/mol. The fourth-order valence-electron chi connectivity index (χ4n) is 1.79. The van der Waals surface area contributed by atoms with Crippen molar-refractivity contribution in [2.75, 3.05) is 17.7 Å². The van der Waals surface area contributed by atoms with Gasteiger partial charge in [0.25, 0.3) is 5.91 Å². The van der Waals surface area contributed by atoms with Crippen LogP contribution in [0.5, 0.6) is 0 Å². The average Bonchev–Trinajstić information content (AvgIpc) is 2.46. The van der Waals surface area contributed by atoms with Crippen molar-refractivity contribution in [3.05, 3.63) is 59.7 Å². The second-order valence-corrected chi connectivity index (χ2v) is 4.36. The van der Waals surface area contributed by atoms with E-state index in [-0.39, 0.29) is 5.56 Å². The Labute approximate surface area is 119 Å². The third kappa shape index (κ3) is 3.75. The van der Waals surface area contributed by atoms with Gasteiger partial charge in [-0.3, -0.25) is 4.79 Å². The highest BCUT2D eigenvalue weighted by Crippen LogP contribution is 2.29. The molecule has 110 valence electrons. The molecule has 2 N–H and O–H groups in total. The Morgan fingerprint density at radius 1 is 1.00 bits per heavy atom. The summed E-state index contributed by atoms with van der Waals surface area (Å²) in [4.78, 5) is 12.0. The number of benzene rings is 2. The van der Waals surface area contributed by atoms with E-state index >= 15 is 0 Å². The van der Waals surface area contributed by atoms with Gasteiger partial charge in [-0.2, -0.15) is 13.2 Å². The van der Waals surface area contributed by atoms with Crippen molar-refractivity contribution >= 4 is 17.3 Å². The summed E-state index contributed by atoms with van der Waals surface area (Å²) in [5.74, 6) is -0.589. The van der Waals surface area contributed by atoms with Crippen molar-refractivity contribution in [2.45, 2.75) is 6.18 Å². The Balaban J connectivity index is 2.20. The van der Waals surface area contributed by atoms with Crippen LogP contribution in [-0.4, -0.2) is 13.0 Å². The van der Waals surface area contributed by atoms with Gasteiger partial charge in [0.2, 0.25) is 0 Å². The predicted octanol–water partition coefficient (Wildman–Crippen LogP) is 4.00. The predicted molar refractivity (Wildman–Crippen MR) is 75.4 cm³/mol. The molecule has 0 aliphatic rings. The standard InChI is InChI=1S/C15H13F3N2O/c1-19-12-6-3-7-13(9-12)20-14(21)10-4-2-5-11(8-10)15(16,17)18/h2-9,19H,1H3,(H,20,21). The Bertz CT molecular complexity index is 653. The van der Waals surface area contributed by atoms with Crippen LogP contribution in [0, 0.1) is 0 Å². The number of carbonyl (C=O) groups excluding carboxylic acids is 1. The zero-order valence-corrected chi connectivity index (χ0v) is 11.2. The first-order valence-corrected chi connectivity index (χ1v) is 6.16. The van der Waals surface area contributed by atoms with E-state index in [4.69, 9.17) is 0 Å². The van der Waals surface area contributed by atoms with E-state index < -0.39 is 17.6 Å². The Kier molecular flexibility index (Phi) is 4.16. The Hall–Kier alpha value is -2.50. The number of halogens is 3. The second kappa shape index (κ2) is 5.87. The van der Waals surface area contributed by atoms with E-state index in [1.807, 2.05) is 0 Å². The number of amides is 1. The molecule has 0 unspecified atom stereocenters. The SMILES string of the molecule is CNc1cccc(NC(=O)c2cccc(C(F)(F)F)c2)c1. The summed E-state index contributed by atoms with van der Waals surface area (Å²) >= 11 is 0. The molecule has 0 saturated heterocycles. The van der Waals surface area contributed by atoms with Crippen LogP contribution in [0.25, 0.3) is 0 Å². The topological polar surface area (TPSA) is 41.1 Å². The molecule has 2 aromatic carbocycles. The van der Waals surface area contributed by atoms with Crippen LogP contribution < -0.4 is 10.6 Å². The quantitative estimate of drug-likeness (QED) is 0.898. The van der Waals surface area contributed by atoms with Gasteiger partial charge in [-0.25, -0.2) is 0 Å². The molecular formula is C15H13F3N2O. The number of hydrogen-bond donors (Lipinski definition) is 2. The zero-order chi connectivity index (χ0) is 15.5. The minimum atomic E-state index is -4.47. The highest BCUT2D eigenvalue weighted by atomic mass is 19.4. The number of hydrogen-bond acceptors (Lipinski definition) is 2. The summed E-state index contributed by atoms with van der Waals surface area (Å²) in [6.07, 6.45) is -4.47. The summed E-state index contributed by atoms with van der Waals surface area (Å²) in [6, 6.07) is 11.2. The van der Waals surface area contributed by atoms with Gasteiger partial charge < -0.3 is 10.6 Å². The molecule has 6 heteroatoms. The molecule has 0 heterocycles. The summed E-state index contributed by atoms with van der Waals surface area (Å²) in [7, 11) is 1.73. The van der Waals surface area contributed by atoms with Crippen molar-refractivity contribution in [1.82, 2.24) is 0 Å². The fourth-order valence-corrected chi connectivity index (χ4v) is 1.79. The first-order chi connectivity index (χ1) is 9.90. The third-order valence-electron chi connectivity index (χ3n) is 2.86. The van der Waals surface area contributed by atoms with Gasteiger partial charge in [0.05, 0.1) is 5.56 Å². The van der Waals surface area contributed by atoms with Crippen molar-refractivity contribution in [2.24, 2.45) is 0 Å². The lowest BCUT2D eigenvalue weighted by molar-refractivity contribution is -0.137. The summed E-state index contributed by atoms with van der Waals surface area (Å²) in [5, 5.41) is 5.47. The molecule has 0 bridgehead atoms. The van der Waals surface area contributed by atoms with E-state index in [1.165, 1.54) is 12.1 Å². The van der Waals surface area contributed by atoms with E-state index in [0.717, 1.165) is 17.8 Å². The molecule has 0 radical (unpaired) electrons. The molecule has 3 nitrogen and oxygen atoms in total. The maximum absolute atomic E-state index is 12.6. The number of anilines is 2. The molecule has 0 aromatic heterocycles. The van der Waals surface area contributed by atoms with Gasteiger partial charge in [-0.1, -0.05) is 12.1 Å². The largest absolute Gasteiger partial charge is 0.416 e. The highest BCUT2D eigenvalue weighted by Gasteiger charge is 2.30. The molecule has 0 saturated carbocycles. The average molecular weight is 294 g/mol. The second-order valence-electron chi connectivity index (χ2n) is 4.36. The van der Waals surface area contributed by atoms with Crippen LogP contribution >= 0.6 is 0 Å². The molecule has 0 spiro atoms. The molecule has 21 heavy (non-hydrogen) atoms. The molecular weight excluding hydrogens is 281 g/mol. The number of alkyl halides is 3. The summed E-state index contributed by atoms with van der Waals surface area (Å²) in [5.41, 5.74) is 0.403. The number of rotatable bonds is 3. The zero-order valence-electron chi connectivity index (χ0n) is 11.2. The lowest BCUT2D eigenvalue weighted by Crippen LogP contribution is -2.14. The summed E-state index contributed by atoms with van der Waals surface area (Å²) in [6.45, 7) is 0. The molecule has 2 rings (SSSR count). The van der Waals surface area contributed by atoms with Gasteiger partial charge in [-0.15, -0.1) is 0 Å². The maximum atomic E-state index is 12.6. The smallest absolute Gasteiger partial charge is 0.388 e.